The maximum atomic E-state index is 12.7. The third-order valence-corrected chi connectivity index (χ3v) is 4.84. The van der Waals surface area contributed by atoms with Crippen molar-refractivity contribution in [2.75, 3.05) is 17.3 Å². The zero-order chi connectivity index (χ0) is 15.1. The molecule has 1 atom stereocenters. The van der Waals surface area contributed by atoms with Crippen molar-refractivity contribution in [3.8, 4) is 5.75 Å². The first-order chi connectivity index (χ1) is 10.8. The van der Waals surface area contributed by atoms with E-state index >= 15 is 0 Å². The van der Waals surface area contributed by atoms with Gasteiger partial charge in [-0.2, -0.15) is 0 Å². The van der Waals surface area contributed by atoms with Crippen LogP contribution >= 0.6 is 11.8 Å². The Hall–Kier alpha value is -2.40. The van der Waals surface area contributed by atoms with Crippen molar-refractivity contribution in [2.45, 2.75) is 5.50 Å². The monoisotopic (exact) mass is 310 g/mol. The summed E-state index contributed by atoms with van der Waals surface area (Å²) in [6, 6.07) is 15.6. The molecule has 1 amide bonds. The summed E-state index contributed by atoms with van der Waals surface area (Å²) in [5.74, 6) is 0.823. The highest BCUT2D eigenvalue weighted by Gasteiger charge is 2.42. The zero-order valence-electron chi connectivity index (χ0n) is 11.9. The van der Waals surface area contributed by atoms with E-state index in [0.717, 1.165) is 27.6 Å². The lowest BCUT2D eigenvalue weighted by molar-refractivity contribution is -0.114. The van der Waals surface area contributed by atoms with Crippen molar-refractivity contribution in [1.29, 1.82) is 0 Å². The number of carbonyl (C=O) groups is 1. The van der Waals surface area contributed by atoms with E-state index in [1.54, 1.807) is 7.11 Å². The number of carbonyl (C=O) groups excluding carboxylic acids is 1. The SMILES string of the molecule is COc1cccc(/C=C2\S[C@H]3Nc4ccccc4N3C2=O)c1. The fourth-order valence-electron chi connectivity index (χ4n) is 2.70. The Morgan fingerprint density at radius 2 is 2.09 bits per heavy atom. The molecule has 1 fully saturated rings. The summed E-state index contributed by atoms with van der Waals surface area (Å²) in [5.41, 5.74) is 2.86. The molecule has 2 heterocycles. The fraction of sp³-hybridized carbons (Fsp3) is 0.118. The molecule has 4 rings (SSSR count). The number of nitrogens with one attached hydrogen (secondary N) is 1. The number of thioether (sulfide) groups is 1. The van der Waals surface area contributed by atoms with Crippen LogP contribution in [0.4, 0.5) is 11.4 Å². The Bertz CT molecular complexity index is 788. The molecule has 0 aliphatic carbocycles. The first kappa shape index (κ1) is 13.3. The van der Waals surface area contributed by atoms with Gasteiger partial charge in [-0.15, -0.1) is 0 Å². The molecular formula is C17H14N2O2S. The molecule has 2 aliphatic rings. The van der Waals surface area contributed by atoms with Crippen LogP contribution in [0.1, 0.15) is 5.56 Å². The van der Waals surface area contributed by atoms with E-state index < -0.39 is 0 Å². The van der Waals surface area contributed by atoms with Crippen LogP contribution in [-0.2, 0) is 4.79 Å². The number of hydrogen-bond donors (Lipinski definition) is 1. The second-order valence-corrected chi connectivity index (χ2v) is 6.21. The van der Waals surface area contributed by atoms with Crippen LogP contribution in [-0.4, -0.2) is 18.5 Å². The molecule has 0 unspecified atom stereocenters. The van der Waals surface area contributed by atoms with Gasteiger partial charge in [0, 0.05) is 0 Å². The maximum Gasteiger partial charge on any atom is 0.267 e. The summed E-state index contributed by atoms with van der Waals surface area (Å²) >= 11 is 1.54. The summed E-state index contributed by atoms with van der Waals surface area (Å²) in [4.78, 5) is 15.2. The molecule has 0 saturated carbocycles. The third kappa shape index (κ3) is 2.05. The number of benzene rings is 2. The predicted molar refractivity (Wildman–Crippen MR) is 89.9 cm³/mol. The molecule has 0 bridgehead atoms. The minimum atomic E-state index is -0.0539. The molecular weight excluding hydrogens is 296 g/mol. The molecule has 2 aromatic rings. The number of fused-ring (bicyclic) bond motifs is 3. The minimum Gasteiger partial charge on any atom is -0.497 e. The summed E-state index contributed by atoms with van der Waals surface area (Å²) in [5, 5.41) is 3.37. The topological polar surface area (TPSA) is 41.6 Å². The average molecular weight is 310 g/mol. The van der Waals surface area contributed by atoms with Crippen molar-refractivity contribution in [3.63, 3.8) is 0 Å². The number of para-hydroxylation sites is 2. The van der Waals surface area contributed by atoms with Crippen molar-refractivity contribution in [3.05, 3.63) is 59.0 Å². The van der Waals surface area contributed by atoms with Gasteiger partial charge in [-0.25, -0.2) is 0 Å². The number of hydrogen-bond acceptors (Lipinski definition) is 4. The number of methoxy groups -OCH3 is 1. The smallest absolute Gasteiger partial charge is 0.267 e. The Labute approximate surface area is 132 Å². The van der Waals surface area contributed by atoms with E-state index in [4.69, 9.17) is 4.74 Å². The Morgan fingerprint density at radius 3 is 2.95 bits per heavy atom. The fourth-order valence-corrected chi connectivity index (χ4v) is 3.84. The molecule has 1 saturated heterocycles. The van der Waals surface area contributed by atoms with Gasteiger partial charge < -0.3 is 10.1 Å². The molecule has 0 spiro atoms. The van der Waals surface area contributed by atoms with Crippen molar-refractivity contribution in [1.82, 2.24) is 0 Å². The predicted octanol–water partition coefficient (Wildman–Crippen LogP) is 3.53. The van der Waals surface area contributed by atoms with Gasteiger partial charge in [0.15, 0.2) is 5.50 Å². The highest BCUT2D eigenvalue weighted by atomic mass is 32.2. The summed E-state index contributed by atoms with van der Waals surface area (Å²) < 4.78 is 5.22. The van der Waals surface area contributed by atoms with E-state index in [9.17, 15) is 4.79 Å². The highest BCUT2D eigenvalue weighted by Crippen LogP contribution is 2.46. The number of ether oxygens (including phenoxy) is 1. The molecule has 1 N–H and O–H groups in total. The van der Waals surface area contributed by atoms with Crippen molar-refractivity contribution >= 4 is 35.1 Å². The normalized spacial score (nSPS) is 20.8. The van der Waals surface area contributed by atoms with Crippen LogP contribution in [0.5, 0.6) is 5.75 Å². The van der Waals surface area contributed by atoms with Crippen LogP contribution < -0.4 is 15.0 Å². The van der Waals surface area contributed by atoms with Gasteiger partial charge in [-0.1, -0.05) is 36.0 Å². The first-order valence-corrected chi connectivity index (χ1v) is 7.86. The van der Waals surface area contributed by atoms with Gasteiger partial charge in [0.1, 0.15) is 5.75 Å². The largest absolute Gasteiger partial charge is 0.497 e. The molecule has 4 nitrogen and oxygen atoms in total. The van der Waals surface area contributed by atoms with Crippen molar-refractivity contribution in [2.24, 2.45) is 0 Å². The number of anilines is 2. The van der Waals surface area contributed by atoms with E-state index in [0.29, 0.717) is 0 Å². The van der Waals surface area contributed by atoms with E-state index in [2.05, 4.69) is 5.32 Å². The Balaban J connectivity index is 1.67. The van der Waals surface area contributed by atoms with Crippen LogP contribution in [0.2, 0.25) is 0 Å². The van der Waals surface area contributed by atoms with Gasteiger partial charge in [-0.05, 0) is 35.9 Å². The van der Waals surface area contributed by atoms with Crippen LogP contribution in [0.3, 0.4) is 0 Å². The van der Waals surface area contributed by atoms with Gasteiger partial charge in [-0.3, -0.25) is 9.69 Å². The van der Waals surface area contributed by atoms with Crippen LogP contribution in [0.15, 0.2) is 53.4 Å². The lowest BCUT2D eigenvalue weighted by atomic mass is 10.2. The second-order valence-electron chi connectivity index (χ2n) is 5.09. The zero-order valence-corrected chi connectivity index (χ0v) is 12.8. The molecule has 110 valence electrons. The summed E-state index contributed by atoms with van der Waals surface area (Å²) in [7, 11) is 1.64. The molecule has 0 radical (unpaired) electrons. The maximum absolute atomic E-state index is 12.7. The summed E-state index contributed by atoms with van der Waals surface area (Å²) in [6.07, 6.45) is 1.91. The van der Waals surface area contributed by atoms with E-state index in [1.165, 1.54) is 11.8 Å². The minimum absolute atomic E-state index is 0.0373. The van der Waals surface area contributed by atoms with Crippen LogP contribution in [0.25, 0.3) is 6.08 Å². The third-order valence-electron chi connectivity index (χ3n) is 3.74. The average Bonchev–Trinajstić information content (AvgIpc) is 3.05. The summed E-state index contributed by atoms with van der Waals surface area (Å²) in [6.45, 7) is 0. The van der Waals surface area contributed by atoms with Crippen molar-refractivity contribution < 1.29 is 9.53 Å². The molecule has 5 heteroatoms. The van der Waals surface area contributed by atoms with E-state index in [-0.39, 0.29) is 11.4 Å². The number of nitrogens with zero attached hydrogens (tertiary/aromatic N) is 1. The highest BCUT2D eigenvalue weighted by molar-refractivity contribution is 8.05. The molecule has 22 heavy (non-hydrogen) atoms. The molecule has 2 aliphatic heterocycles. The van der Waals surface area contributed by atoms with E-state index in [1.807, 2.05) is 59.5 Å². The van der Waals surface area contributed by atoms with Gasteiger partial charge in [0.2, 0.25) is 0 Å². The Kier molecular flexibility index (Phi) is 3.08. The Morgan fingerprint density at radius 1 is 1.23 bits per heavy atom. The molecule has 0 aromatic heterocycles. The van der Waals surface area contributed by atoms with Gasteiger partial charge in [0.25, 0.3) is 5.91 Å². The quantitative estimate of drug-likeness (QED) is 0.862. The lowest BCUT2D eigenvalue weighted by Crippen LogP contribution is -2.31. The van der Waals surface area contributed by atoms with Gasteiger partial charge in [0.05, 0.1) is 23.4 Å². The molecule has 2 aromatic carbocycles. The standard InChI is InChI=1S/C17H14N2O2S/c1-21-12-6-4-5-11(9-12)10-15-16(20)19-14-8-3-2-7-13(14)18-17(19)22-15/h2-10,17-18H,1H3/b15-10-/t17-/m0/s1. The lowest BCUT2D eigenvalue weighted by Gasteiger charge is -2.12. The first-order valence-electron chi connectivity index (χ1n) is 6.98. The van der Waals surface area contributed by atoms with Gasteiger partial charge >= 0.3 is 0 Å². The van der Waals surface area contributed by atoms with Crippen LogP contribution in [0, 0.1) is 0 Å². The number of rotatable bonds is 2. The number of amides is 1. The second kappa shape index (κ2) is 5.10.